The van der Waals surface area contributed by atoms with Crippen LogP contribution in [0.25, 0.3) is 6.08 Å². The van der Waals surface area contributed by atoms with Gasteiger partial charge in [0.2, 0.25) is 0 Å². The van der Waals surface area contributed by atoms with E-state index in [0.717, 1.165) is 11.1 Å². The zero-order chi connectivity index (χ0) is 24.4. The van der Waals surface area contributed by atoms with Crippen LogP contribution in [0.5, 0.6) is 5.75 Å². The van der Waals surface area contributed by atoms with Crippen molar-refractivity contribution in [2.45, 2.75) is 39.8 Å². The lowest BCUT2D eigenvalue weighted by atomic mass is 9.96. The monoisotopic (exact) mass is 496 g/mol. The number of thiazole rings is 1. The summed E-state index contributed by atoms with van der Waals surface area (Å²) in [6, 6.07) is 14.1. The molecule has 3 aromatic rings. The summed E-state index contributed by atoms with van der Waals surface area (Å²) in [6.45, 7) is 7.65. The number of hydrogen-bond donors (Lipinski definition) is 0. The number of carbonyl (C=O) groups excluding carboxylic acids is 1. The highest BCUT2D eigenvalue weighted by molar-refractivity contribution is 7.07. The molecule has 176 valence electrons. The molecule has 0 saturated carbocycles. The molecule has 1 atom stereocenters. The van der Waals surface area contributed by atoms with Crippen molar-refractivity contribution in [1.29, 1.82) is 0 Å². The van der Waals surface area contributed by atoms with Crippen LogP contribution in [0.1, 0.15) is 44.9 Å². The summed E-state index contributed by atoms with van der Waals surface area (Å²) < 4.78 is 13.1. The van der Waals surface area contributed by atoms with E-state index in [1.165, 1.54) is 11.3 Å². The van der Waals surface area contributed by atoms with Crippen molar-refractivity contribution in [3.63, 3.8) is 0 Å². The number of nitrogens with zero attached hydrogens (tertiary/aromatic N) is 2. The lowest BCUT2D eigenvalue weighted by Crippen LogP contribution is -2.39. The Hall–Kier alpha value is -3.16. The van der Waals surface area contributed by atoms with Gasteiger partial charge >= 0.3 is 5.97 Å². The molecule has 0 unspecified atom stereocenters. The highest BCUT2D eigenvalue weighted by Gasteiger charge is 2.33. The standard InChI is InChI=1S/C26H25ClN2O4S/c1-5-32-25(31)22-16(4)28-26-29(23(22)17-10-12-19(13-11-17)33-15(2)3)24(30)21(34-26)14-18-8-6-7-9-20(18)27/h6-15,23H,5H2,1-4H3/b21-14+/t23-/m1/s1. The Kier molecular flexibility index (Phi) is 7.05. The Morgan fingerprint density at radius 3 is 2.56 bits per heavy atom. The molecule has 0 spiro atoms. The summed E-state index contributed by atoms with van der Waals surface area (Å²) in [5.74, 6) is 0.222. The summed E-state index contributed by atoms with van der Waals surface area (Å²) in [7, 11) is 0. The summed E-state index contributed by atoms with van der Waals surface area (Å²) in [5, 5.41) is 0.550. The van der Waals surface area contributed by atoms with E-state index in [2.05, 4.69) is 4.99 Å². The van der Waals surface area contributed by atoms with Gasteiger partial charge in [-0.3, -0.25) is 9.36 Å². The normalized spacial score (nSPS) is 15.8. The molecule has 0 N–H and O–H groups in total. The van der Waals surface area contributed by atoms with Gasteiger partial charge in [-0.25, -0.2) is 9.79 Å². The van der Waals surface area contributed by atoms with Crippen molar-refractivity contribution >= 4 is 35.0 Å². The lowest BCUT2D eigenvalue weighted by molar-refractivity contribution is -0.139. The Morgan fingerprint density at radius 2 is 1.91 bits per heavy atom. The molecule has 4 rings (SSSR count). The molecule has 0 aliphatic carbocycles. The first-order chi connectivity index (χ1) is 16.3. The van der Waals surface area contributed by atoms with E-state index in [1.807, 2.05) is 56.3 Å². The number of esters is 1. The molecule has 1 aromatic heterocycles. The number of ether oxygens (including phenoxy) is 2. The average Bonchev–Trinajstić information content (AvgIpc) is 3.09. The first-order valence-corrected chi connectivity index (χ1v) is 12.2. The van der Waals surface area contributed by atoms with Crippen molar-refractivity contribution < 1.29 is 14.3 Å². The minimum absolute atomic E-state index is 0.0329. The number of rotatable bonds is 6. The van der Waals surface area contributed by atoms with Gasteiger partial charge in [0.15, 0.2) is 4.80 Å². The first kappa shape index (κ1) is 24.0. The third-order valence-electron chi connectivity index (χ3n) is 5.28. The highest BCUT2D eigenvalue weighted by atomic mass is 35.5. The lowest BCUT2D eigenvalue weighted by Gasteiger charge is -2.25. The van der Waals surface area contributed by atoms with Crippen molar-refractivity contribution in [1.82, 2.24) is 4.57 Å². The fourth-order valence-electron chi connectivity index (χ4n) is 3.84. The summed E-state index contributed by atoms with van der Waals surface area (Å²) in [6.07, 6.45) is 1.79. The van der Waals surface area contributed by atoms with Crippen LogP contribution < -0.4 is 19.6 Å². The quantitative estimate of drug-likeness (QED) is 0.479. The van der Waals surface area contributed by atoms with Gasteiger partial charge in [-0.05, 0) is 63.1 Å². The molecular formula is C26H25ClN2O4S. The molecule has 0 radical (unpaired) electrons. The van der Waals surface area contributed by atoms with E-state index < -0.39 is 12.0 Å². The topological polar surface area (TPSA) is 69.9 Å². The van der Waals surface area contributed by atoms with Gasteiger partial charge in [0.1, 0.15) is 5.75 Å². The molecule has 0 amide bonds. The van der Waals surface area contributed by atoms with Crippen LogP contribution in [0, 0.1) is 0 Å². The van der Waals surface area contributed by atoms with E-state index in [9.17, 15) is 9.59 Å². The summed E-state index contributed by atoms with van der Waals surface area (Å²) in [4.78, 5) is 31.7. The Bertz CT molecular complexity index is 1430. The maximum atomic E-state index is 13.6. The van der Waals surface area contributed by atoms with Crippen LogP contribution >= 0.6 is 22.9 Å². The average molecular weight is 497 g/mol. The SMILES string of the molecule is CCOC(=O)C1=C(C)N=c2s/c(=C/c3ccccc3Cl)c(=O)n2[C@@H]1c1ccc(OC(C)C)cc1. The third-order valence-corrected chi connectivity index (χ3v) is 6.60. The molecule has 2 heterocycles. The summed E-state index contributed by atoms with van der Waals surface area (Å²) >= 11 is 7.58. The van der Waals surface area contributed by atoms with Gasteiger partial charge in [-0.1, -0.05) is 53.3 Å². The molecule has 0 fully saturated rings. The van der Waals surface area contributed by atoms with E-state index >= 15 is 0 Å². The Morgan fingerprint density at radius 1 is 1.21 bits per heavy atom. The minimum Gasteiger partial charge on any atom is -0.491 e. The van der Waals surface area contributed by atoms with Gasteiger partial charge in [-0.2, -0.15) is 0 Å². The number of aromatic nitrogens is 1. The van der Waals surface area contributed by atoms with E-state index in [-0.39, 0.29) is 18.3 Å². The van der Waals surface area contributed by atoms with Crippen molar-refractivity contribution in [2.24, 2.45) is 4.99 Å². The number of fused-ring (bicyclic) bond motifs is 1. The molecule has 1 aliphatic heterocycles. The number of carbonyl (C=O) groups is 1. The zero-order valence-corrected chi connectivity index (χ0v) is 20.9. The van der Waals surface area contributed by atoms with Crippen LogP contribution in [0.4, 0.5) is 0 Å². The van der Waals surface area contributed by atoms with Gasteiger partial charge < -0.3 is 9.47 Å². The Balaban J connectivity index is 1.91. The fraction of sp³-hybridized carbons (Fsp3) is 0.269. The highest BCUT2D eigenvalue weighted by Crippen LogP contribution is 2.31. The molecular weight excluding hydrogens is 472 g/mol. The van der Waals surface area contributed by atoms with Gasteiger partial charge in [-0.15, -0.1) is 0 Å². The van der Waals surface area contributed by atoms with E-state index in [0.29, 0.717) is 31.4 Å². The van der Waals surface area contributed by atoms with Crippen LogP contribution in [0.15, 0.2) is 69.6 Å². The molecule has 0 saturated heterocycles. The molecule has 6 nitrogen and oxygen atoms in total. The maximum absolute atomic E-state index is 13.6. The van der Waals surface area contributed by atoms with Crippen LogP contribution in [-0.4, -0.2) is 23.2 Å². The minimum atomic E-state index is -0.670. The van der Waals surface area contributed by atoms with E-state index in [4.69, 9.17) is 21.1 Å². The number of halogens is 1. The van der Waals surface area contributed by atoms with Crippen LogP contribution in [-0.2, 0) is 9.53 Å². The van der Waals surface area contributed by atoms with Crippen molar-refractivity contribution in [3.05, 3.63) is 95.6 Å². The van der Waals surface area contributed by atoms with Gasteiger partial charge in [0.25, 0.3) is 5.56 Å². The largest absolute Gasteiger partial charge is 0.491 e. The molecule has 2 aromatic carbocycles. The smallest absolute Gasteiger partial charge is 0.338 e. The number of hydrogen-bond acceptors (Lipinski definition) is 6. The van der Waals surface area contributed by atoms with E-state index in [1.54, 1.807) is 30.6 Å². The number of allylic oxidation sites excluding steroid dienone is 1. The molecule has 1 aliphatic rings. The second-order valence-corrected chi connectivity index (χ2v) is 9.48. The van der Waals surface area contributed by atoms with Crippen LogP contribution in [0.3, 0.4) is 0 Å². The fourth-order valence-corrected chi connectivity index (χ4v) is 5.07. The Labute approximate surface area is 206 Å². The molecule has 34 heavy (non-hydrogen) atoms. The number of benzene rings is 2. The molecule has 8 heteroatoms. The third kappa shape index (κ3) is 4.72. The first-order valence-electron chi connectivity index (χ1n) is 11.0. The maximum Gasteiger partial charge on any atom is 0.338 e. The predicted octanol–water partition coefficient (Wildman–Crippen LogP) is 4.24. The second kappa shape index (κ2) is 9.99. The van der Waals surface area contributed by atoms with Gasteiger partial charge in [0.05, 0.1) is 34.6 Å². The van der Waals surface area contributed by atoms with Crippen molar-refractivity contribution in [2.75, 3.05) is 6.61 Å². The van der Waals surface area contributed by atoms with Gasteiger partial charge in [0, 0.05) is 5.02 Å². The summed E-state index contributed by atoms with van der Waals surface area (Å²) in [5.41, 5.74) is 2.12. The zero-order valence-electron chi connectivity index (χ0n) is 19.4. The molecule has 0 bridgehead atoms. The van der Waals surface area contributed by atoms with Crippen LogP contribution in [0.2, 0.25) is 5.02 Å². The predicted molar refractivity (Wildman–Crippen MR) is 134 cm³/mol. The second-order valence-electron chi connectivity index (χ2n) is 8.06. The van der Waals surface area contributed by atoms with Crippen molar-refractivity contribution in [3.8, 4) is 5.75 Å².